The van der Waals surface area contributed by atoms with Gasteiger partial charge in [0.1, 0.15) is 0 Å². The van der Waals surface area contributed by atoms with Gasteiger partial charge in [-0.25, -0.2) is 0 Å². The Kier molecular flexibility index (Phi) is 22.3. The Bertz CT molecular complexity index is 85.3. The largest absolute Gasteiger partial charge is 0.306 e. The van der Waals surface area contributed by atoms with Crippen molar-refractivity contribution < 1.29 is 0 Å². The van der Waals surface area contributed by atoms with Gasteiger partial charge in [-0.1, -0.05) is 61.3 Å². The third-order valence-corrected chi connectivity index (χ3v) is 2.67. The number of hydrogen-bond donors (Lipinski definition) is 0. The lowest BCUT2D eigenvalue weighted by atomic mass is 9.92. The second kappa shape index (κ2) is 16.4. The molecule has 0 radical (unpaired) electrons. The predicted octanol–water partition coefficient (Wildman–Crippen LogP) is 4.82. The molecule has 0 aromatic rings. The summed E-state index contributed by atoms with van der Waals surface area (Å²) in [6, 6.07) is 0.782. The van der Waals surface area contributed by atoms with Gasteiger partial charge in [0.05, 0.1) is 0 Å². The average molecular weight is 217 g/mol. The van der Waals surface area contributed by atoms with Gasteiger partial charge in [-0.05, 0) is 26.4 Å². The van der Waals surface area contributed by atoms with E-state index in [4.69, 9.17) is 0 Å². The zero-order chi connectivity index (χ0) is 12.9. The quantitative estimate of drug-likeness (QED) is 0.638. The lowest BCUT2D eigenvalue weighted by Crippen LogP contribution is -2.34. The predicted molar refractivity (Wildman–Crippen MR) is 74.5 cm³/mol. The van der Waals surface area contributed by atoms with Gasteiger partial charge in [0, 0.05) is 6.04 Å². The summed E-state index contributed by atoms with van der Waals surface area (Å²) in [7, 11) is 4.37. The van der Waals surface area contributed by atoms with Crippen LogP contribution in [0.2, 0.25) is 0 Å². The number of rotatable bonds is 5. The molecule has 1 heteroatoms. The van der Waals surface area contributed by atoms with E-state index in [1.165, 1.54) is 19.3 Å². The molecule has 0 amide bonds. The zero-order valence-electron chi connectivity index (χ0n) is 12.7. The smallest absolute Gasteiger partial charge is 0.0115 e. The highest BCUT2D eigenvalue weighted by Gasteiger charge is 2.17. The van der Waals surface area contributed by atoms with Crippen LogP contribution in [0.4, 0.5) is 0 Å². The molecule has 0 spiro atoms. The molecular weight excluding hydrogens is 182 g/mol. The molecule has 1 unspecified atom stereocenters. The Morgan fingerprint density at radius 1 is 0.733 bits per heavy atom. The maximum absolute atomic E-state index is 2.36. The molecule has 0 rings (SSSR count). The van der Waals surface area contributed by atoms with Crippen LogP contribution in [0.5, 0.6) is 0 Å². The second-order valence-corrected chi connectivity index (χ2v) is 3.52. The SMILES string of the molecule is CC.CC.CCC(CC)C(CC)N(C)C. The average Bonchev–Trinajstić information content (AvgIpc) is 2.30. The molecule has 0 saturated heterocycles. The minimum Gasteiger partial charge on any atom is -0.306 e. The van der Waals surface area contributed by atoms with E-state index in [9.17, 15) is 0 Å². The summed E-state index contributed by atoms with van der Waals surface area (Å²) in [5.74, 6) is 0.884. The van der Waals surface area contributed by atoms with E-state index in [1.807, 2.05) is 27.7 Å². The highest BCUT2D eigenvalue weighted by atomic mass is 15.1. The van der Waals surface area contributed by atoms with Crippen molar-refractivity contribution in [1.82, 2.24) is 4.90 Å². The molecule has 0 heterocycles. The van der Waals surface area contributed by atoms with Crippen LogP contribution in [0.15, 0.2) is 0 Å². The molecule has 0 saturated carbocycles. The molecule has 0 aliphatic rings. The molecule has 1 atom stereocenters. The van der Waals surface area contributed by atoms with Gasteiger partial charge in [-0.2, -0.15) is 0 Å². The van der Waals surface area contributed by atoms with Crippen LogP contribution in [0.1, 0.15) is 67.7 Å². The highest BCUT2D eigenvalue weighted by molar-refractivity contribution is 4.72. The number of hydrogen-bond acceptors (Lipinski definition) is 1. The summed E-state index contributed by atoms with van der Waals surface area (Å²) in [5, 5.41) is 0. The maximum atomic E-state index is 2.36. The Labute approximate surface area is 99.3 Å². The van der Waals surface area contributed by atoms with Crippen LogP contribution in [0.3, 0.4) is 0 Å². The van der Waals surface area contributed by atoms with Crippen molar-refractivity contribution >= 4 is 0 Å². The zero-order valence-corrected chi connectivity index (χ0v) is 12.7. The van der Waals surface area contributed by atoms with E-state index >= 15 is 0 Å². The summed E-state index contributed by atoms with van der Waals surface area (Å²) < 4.78 is 0. The molecule has 0 aromatic heterocycles. The highest BCUT2D eigenvalue weighted by Crippen LogP contribution is 2.18. The Morgan fingerprint density at radius 3 is 1.13 bits per heavy atom. The molecule has 0 aliphatic carbocycles. The third kappa shape index (κ3) is 10.2. The molecule has 0 bridgehead atoms. The summed E-state index contributed by atoms with van der Waals surface area (Å²) in [5.41, 5.74) is 0. The van der Waals surface area contributed by atoms with Gasteiger partial charge in [0.25, 0.3) is 0 Å². The molecule has 0 N–H and O–H groups in total. The van der Waals surface area contributed by atoms with Gasteiger partial charge in [0.15, 0.2) is 0 Å². The third-order valence-electron chi connectivity index (χ3n) is 2.67. The fourth-order valence-electron chi connectivity index (χ4n) is 1.95. The first-order valence-corrected chi connectivity index (χ1v) is 6.83. The lowest BCUT2D eigenvalue weighted by Gasteiger charge is -2.30. The molecule has 1 nitrogen and oxygen atoms in total. The maximum Gasteiger partial charge on any atom is 0.0115 e. The van der Waals surface area contributed by atoms with E-state index in [1.54, 1.807) is 0 Å². The Morgan fingerprint density at radius 2 is 1.07 bits per heavy atom. The molecule has 15 heavy (non-hydrogen) atoms. The molecule has 0 aliphatic heterocycles. The minimum atomic E-state index is 0.782. The van der Waals surface area contributed by atoms with E-state index in [2.05, 4.69) is 39.8 Å². The Hall–Kier alpha value is -0.0400. The van der Waals surface area contributed by atoms with Gasteiger partial charge in [-0.15, -0.1) is 0 Å². The summed E-state index contributed by atoms with van der Waals surface area (Å²) in [6.07, 6.45) is 3.90. The fourth-order valence-corrected chi connectivity index (χ4v) is 1.95. The molecule has 0 aromatic carbocycles. The van der Waals surface area contributed by atoms with Crippen molar-refractivity contribution in [1.29, 1.82) is 0 Å². The second-order valence-electron chi connectivity index (χ2n) is 3.52. The van der Waals surface area contributed by atoms with Gasteiger partial charge < -0.3 is 4.90 Å². The number of nitrogens with zero attached hydrogens (tertiary/aromatic N) is 1. The summed E-state index contributed by atoms with van der Waals surface area (Å²) in [6.45, 7) is 14.9. The molecule has 0 fully saturated rings. The van der Waals surface area contributed by atoms with Crippen molar-refractivity contribution in [3.63, 3.8) is 0 Å². The van der Waals surface area contributed by atoms with Crippen molar-refractivity contribution in [3.8, 4) is 0 Å². The van der Waals surface area contributed by atoms with Gasteiger partial charge in [0.2, 0.25) is 0 Å². The lowest BCUT2D eigenvalue weighted by molar-refractivity contribution is 0.194. The van der Waals surface area contributed by atoms with E-state index in [0.717, 1.165) is 12.0 Å². The van der Waals surface area contributed by atoms with Crippen LogP contribution >= 0.6 is 0 Å². The van der Waals surface area contributed by atoms with Gasteiger partial charge >= 0.3 is 0 Å². The Balaban J connectivity index is -0.000000318. The van der Waals surface area contributed by atoms with Crippen LogP contribution < -0.4 is 0 Å². The minimum absolute atomic E-state index is 0.782. The van der Waals surface area contributed by atoms with Gasteiger partial charge in [-0.3, -0.25) is 0 Å². The van der Waals surface area contributed by atoms with Crippen LogP contribution in [-0.4, -0.2) is 25.0 Å². The van der Waals surface area contributed by atoms with Crippen molar-refractivity contribution in [2.45, 2.75) is 73.8 Å². The van der Waals surface area contributed by atoms with E-state index in [0.29, 0.717) is 0 Å². The molecular formula is C14H35N. The normalized spacial score (nSPS) is 11.4. The topological polar surface area (TPSA) is 3.24 Å². The van der Waals surface area contributed by atoms with Crippen molar-refractivity contribution in [2.24, 2.45) is 5.92 Å². The first-order chi connectivity index (χ1) is 7.17. The van der Waals surface area contributed by atoms with Crippen LogP contribution in [0.25, 0.3) is 0 Å². The summed E-state index contributed by atoms with van der Waals surface area (Å²) >= 11 is 0. The monoisotopic (exact) mass is 217 g/mol. The first kappa shape index (κ1) is 20.4. The molecule has 96 valence electrons. The van der Waals surface area contributed by atoms with Crippen molar-refractivity contribution in [2.75, 3.05) is 14.1 Å². The van der Waals surface area contributed by atoms with Crippen molar-refractivity contribution in [3.05, 3.63) is 0 Å². The fraction of sp³-hybridized carbons (Fsp3) is 1.00. The summed E-state index contributed by atoms with van der Waals surface area (Å²) in [4.78, 5) is 2.36. The first-order valence-electron chi connectivity index (χ1n) is 6.83. The van der Waals surface area contributed by atoms with Crippen LogP contribution in [-0.2, 0) is 0 Å². The van der Waals surface area contributed by atoms with Crippen LogP contribution in [0, 0.1) is 5.92 Å². The standard InChI is InChI=1S/C10H23N.2C2H6/c1-6-9(7-2)10(8-3)11(4)5;2*1-2/h9-10H,6-8H2,1-5H3;2*1-2H3. The van der Waals surface area contributed by atoms with E-state index < -0.39 is 0 Å². The van der Waals surface area contributed by atoms with E-state index in [-0.39, 0.29) is 0 Å².